The van der Waals surface area contributed by atoms with Crippen molar-refractivity contribution in [3.05, 3.63) is 36.5 Å². The predicted octanol–water partition coefficient (Wildman–Crippen LogP) is 28.2. The van der Waals surface area contributed by atoms with E-state index in [1.807, 2.05) is 6.08 Å². The minimum absolute atomic E-state index is 0.0210. The number of nitrogens with one attached hydrogen (secondary N) is 1. The Bertz CT molecular complexity index is 1490. The normalized spacial score (nSPS) is 12.6. The third-order valence-corrected chi connectivity index (χ3v) is 19.9. The molecule has 0 saturated heterocycles. The van der Waals surface area contributed by atoms with Crippen LogP contribution in [0.1, 0.15) is 476 Å². The van der Waals surface area contributed by atoms with Gasteiger partial charge in [-0.15, -0.1) is 0 Å². The van der Waals surface area contributed by atoms with Crippen molar-refractivity contribution >= 4 is 11.9 Å². The van der Waals surface area contributed by atoms with Crippen LogP contribution in [0.15, 0.2) is 36.5 Å². The fraction of sp³-hybridized carbons (Fsp3) is 0.907. The molecule has 0 aliphatic heterocycles. The number of carbonyl (C=O) groups is 2. The van der Waals surface area contributed by atoms with Crippen LogP contribution in [-0.2, 0) is 14.3 Å². The number of esters is 1. The fourth-order valence-corrected chi connectivity index (χ4v) is 13.5. The highest BCUT2D eigenvalue weighted by atomic mass is 16.5. The molecule has 0 rings (SSSR count). The number of hydrogen-bond donors (Lipinski definition) is 3. The molecule has 2 atom stereocenters. The summed E-state index contributed by atoms with van der Waals surface area (Å²) in [5, 5.41) is 23.3. The lowest BCUT2D eigenvalue weighted by Crippen LogP contribution is -2.45. The molecule has 544 valence electrons. The van der Waals surface area contributed by atoms with Gasteiger partial charge in [-0.25, -0.2) is 0 Å². The molecule has 0 radical (unpaired) electrons. The Morgan fingerprint density at radius 1 is 0.304 bits per heavy atom. The van der Waals surface area contributed by atoms with E-state index in [1.165, 1.54) is 405 Å². The minimum Gasteiger partial charge on any atom is -0.466 e. The first-order chi connectivity index (χ1) is 45.5. The van der Waals surface area contributed by atoms with Gasteiger partial charge >= 0.3 is 5.97 Å². The van der Waals surface area contributed by atoms with Gasteiger partial charge in [0.05, 0.1) is 25.4 Å². The Balaban J connectivity index is 3.38. The molecule has 6 nitrogen and oxygen atoms in total. The molecule has 1 amide bonds. The van der Waals surface area contributed by atoms with Crippen LogP contribution in [0, 0.1) is 0 Å². The Labute approximate surface area is 576 Å². The first-order valence-electron chi connectivity index (χ1n) is 42.3. The van der Waals surface area contributed by atoms with Crippen LogP contribution in [0.4, 0.5) is 0 Å². The average molecular weight is 1290 g/mol. The van der Waals surface area contributed by atoms with E-state index >= 15 is 0 Å². The Morgan fingerprint density at radius 2 is 0.543 bits per heavy atom. The maximum atomic E-state index is 12.6. The van der Waals surface area contributed by atoms with Gasteiger partial charge in [0.1, 0.15) is 0 Å². The van der Waals surface area contributed by atoms with E-state index in [4.69, 9.17) is 4.74 Å². The van der Waals surface area contributed by atoms with Crippen molar-refractivity contribution < 1.29 is 24.5 Å². The molecule has 2 unspecified atom stereocenters. The van der Waals surface area contributed by atoms with Gasteiger partial charge in [0.2, 0.25) is 5.91 Å². The van der Waals surface area contributed by atoms with E-state index in [-0.39, 0.29) is 18.5 Å². The van der Waals surface area contributed by atoms with Crippen LogP contribution in [0.3, 0.4) is 0 Å². The minimum atomic E-state index is -0.845. The van der Waals surface area contributed by atoms with Crippen LogP contribution in [0.25, 0.3) is 0 Å². The molecule has 0 fully saturated rings. The third-order valence-electron chi connectivity index (χ3n) is 19.9. The molecule has 0 heterocycles. The molecule has 0 aliphatic rings. The Hall–Kier alpha value is -1.92. The summed E-state index contributed by atoms with van der Waals surface area (Å²) in [4.78, 5) is 24.7. The Morgan fingerprint density at radius 3 is 0.826 bits per heavy atom. The zero-order valence-electron chi connectivity index (χ0n) is 62.6. The third kappa shape index (κ3) is 77.1. The number of aliphatic hydroxyl groups is 2. The number of aliphatic hydroxyl groups excluding tert-OH is 2. The highest BCUT2D eigenvalue weighted by molar-refractivity contribution is 5.76. The van der Waals surface area contributed by atoms with Gasteiger partial charge in [-0.05, 0) is 64.2 Å². The van der Waals surface area contributed by atoms with E-state index in [0.717, 1.165) is 44.9 Å². The summed E-state index contributed by atoms with van der Waals surface area (Å²) in [7, 11) is 0. The molecular formula is C86H165NO5. The van der Waals surface area contributed by atoms with Crippen molar-refractivity contribution in [2.24, 2.45) is 0 Å². The second kappa shape index (κ2) is 81.5. The standard InChI is InChI=1S/C86H165NO5/c1-3-5-7-9-11-13-15-17-19-21-22-23-24-38-41-44-47-50-54-58-62-66-70-74-78-84(89)83(82-88)87-85(90)79-75-71-67-63-59-55-51-48-45-42-39-36-34-32-30-28-26-25-27-29-31-33-35-37-40-43-46-49-53-57-61-65-69-73-77-81-92-86(91)80-76-72-68-64-60-56-52-20-18-16-14-12-10-8-6-4-2/h27,29,33,35,74,78,83-84,88-89H,3-26,28,30-32,34,36-73,75-77,79-82H2,1-2H3,(H,87,90)/b29-27-,35-33-,78-74+. The van der Waals surface area contributed by atoms with Gasteiger partial charge in [-0.1, -0.05) is 436 Å². The maximum Gasteiger partial charge on any atom is 0.305 e. The average Bonchev–Trinajstić information content (AvgIpc) is 3.77. The lowest BCUT2D eigenvalue weighted by atomic mass is 10.0. The second-order valence-corrected chi connectivity index (χ2v) is 29.2. The summed E-state index contributed by atoms with van der Waals surface area (Å²) in [5.41, 5.74) is 0. The lowest BCUT2D eigenvalue weighted by molar-refractivity contribution is -0.143. The van der Waals surface area contributed by atoms with Crippen LogP contribution < -0.4 is 5.32 Å². The number of carbonyl (C=O) groups excluding carboxylic acids is 2. The van der Waals surface area contributed by atoms with Gasteiger partial charge in [0.25, 0.3) is 0 Å². The van der Waals surface area contributed by atoms with Gasteiger partial charge < -0.3 is 20.3 Å². The van der Waals surface area contributed by atoms with Crippen molar-refractivity contribution in [2.75, 3.05) is 13.2 Å². The molecule has 0 aliphatic carbocycles. The summed E-state index contributed by atoms with van der Waals surface area (Å²) in [6.45, 7) is 4.96. The topological polar surface area (TPSA) is 95.9 Å². The Kier molecular flexibility index (Phi) is 79.8. The fourth-order valence-electron chi connectivity index (χ4n) is 13.5. The number of amides is 1. The second-order valence-electron chi connectivity index (χ2n) is 29.2. The largest absolute Gasteiger partial charge is 0.466 e. The first kappa shape index (κ1) is 90.1. The van der Waals surface area contributed by atoms with Crippen molar-refractivity contribution in [1.82, 2.24) is 5.32 Å². The van der Waals surface area contributed by atoms with Crippen LogP contribution in [0.5, 0.6) is 0 Å². The van der Waals surface area contributed by atoms with E-state index in [9.17, 15) is 19.8 Å². The van der Waals surface area contributed by atoms with Crippen LogP contribution in [-0.4, -0.2) is 47.4 Å². The lowest BCUT2D eigenvalue weighted by Gasteiger charge is -2.20. The highest BCUT2D eigenvalue weighted by Gasteiger charge is 2.18. The zero-order chi connectivity index (χ0) is 66.3. The van der Waals surface area contributed by atoms with E-state index < -0.39 is 12.1 Å². The number of hydrogen-bond acceptors (Lipinski definition) is 5. The van der Waals surface area contributed by atoms with E-state index in [1.54, 1.807) is 6.08 Å². The summed E-state index contributed by atoms with van der Waals surface area (Å²) in [6.07, 6.45) is 107. The highest BCUT2D eigenvalue weighted by Crippen LogP contribution is 2.20. The molecular weight excluding hydrogens is 1130 g/mol. The van der Waals surface area contributed by atoms with E-state index in [0.29, 0.717) is 19.4 Å². The molecule has 0 saturated carbocycles. The number of unbranched alkanes of at least 4 members (excludes halogenated alkanes) is 65. The van der Waals surface area contributed by atoms with Crippen molar-refractivity contribution in [1.29, 1.82) is 0 Å². The quantitative estimate of drug-likeness (QED) is 0.0320. The van der Waals surface area contributed by atoms with Gasteiger partial charge in [0.15, 0.2) is 0 Å². The first-order valence-corrected chi connectivity index (χ1v) is 42.3. The smallest absolute Gasteiger partial charge is 0.305 e. The molecule has 0 spiro atoms. The van der Waals surface area contributed by atoms with Gasteiger partial charge in [-0.3, -0.25) is 9.59 Å². The summed E-state index contributed by atoms with van der Waals surface area (Å²) < 4.78 is 5.51. The zero-order valence-corrected chi connectivity index (χ0v) is 62.6. The number of ether oxygens (including phenoxy) is 1. The molecule has 92 heavy (non-hydrogen) atoms. The van der Waals surface area contributed by atoms with Gasteiger partial charge in [-0.2, -0.15) is 0 Å². The van der Waals surface area contributed by atoms with Crippen molar-refractivity contribution in [3.8, 4) is 0 Å². The molecule has 0 aromatic heterocycles. The van der Waals surface area contributed by atoms with Crippen molar-refractivity contribution in [2.45, 2.75) is 488 Å². The predicted molar refractivity (Wildman–Crippen MR) is 407 cm³/mol. The molecule has 0 aromatic carbocycles. The molecule has 0 aromatic rings. The van der Waals surface area contributed by atoms with E-state index in [2.05, 4.69) is 43.5 Å². The van der Waals surface area contributed by atoms with Crippen molar-refractivity contribution in [3.63, 3.8) is 0 Å². The number of allylic oxidation sites excluding steroid dienone is 5. The summed E-state index contributed by atoms with van der Waals surface area (Å²) in [6, 6.07) is -0.628. The number of rotatable bonds is 80. The van der Waals surface area contributed by atoms with Crippen LogP contribution >= 0.6 is 0 Å². The summed E-state index contributed by atoms with van der Waals surface area (Å²) >= 11 is 0. The summed E-state index contributed by atoms with van der Waals surface area (Å²) in [5.74, 6) is -0.0394. The van der Waals surface area contributed by atoms with Crippen LogP contribution in [0.2, 0.25) is 0 Å². The van der Waals surface area contributed by atoms with Gasteiger partial charge in [0, 0.05) is 12.8 Å². The monoisotopic (exact) mass is 1290 g/mol. The molecule has 3 N–H and O–H groups in total. The SMILES string of the molecule is CCCCCCCCCCCCCCCCCCCCCCCC/C=C/C(O)C(CO)NC(=O)CCCCCCCCCCCCCCCCCCC/C=C\C/C=C\CCCCCCCCCCCCCOC(=O)CCCCCCCCCCCCCCCCCC. The maximum absolute atomic E-state index is 12.6. The molecule has 6 heteroatoms. The molecule has 0 bridgehead atoms.